The second-order valence-electron chi connectivity index (χ2n) is 7.32. The topological polar surface area (TPSA) is 73.7 Å². The minimum atomic E-state index is -0.542. The average Bonchev–Trinajstić information content (AvgIpc) is 3.26. The number of carbonyl (C=O) groups is 2. The molecule has 1 fully saturated rings. The molecule has 1 aromatic rings. The van der Waals surface area contributed by atoms with Gasteiger partial charge >= 0.3 is 12.1 Å². The lowest BCUT2D eigenvalue weighted by Gasteiger charge is -2.30. The Hall–Kier alpha value is -2.05. The Bertz CT molecular complexity index is 656. The van der Waals surface area contributed by atoms with Crippen LogP contribution in [0.15, 0.2) is 0 Å². The molecule has 0 radical (unpaired) electrons. The third-order valence-electron chi connectivity index (χ3n) is 4.10. The average molecular weight is 335 g/mol. The standard InChI is InChI=1S/C17H25N3O4/c1-5-23-15(21)14-12-10-19(16(22)24-17(2,3)4)9-8-13(12)20(18-14)11-6-7-11/h11H,5-10H2,1-4H3. The molecule has 0 N–H and O–H groups in total. The van der Waals surface area contributed by atoms with Crippen LogP contribution in [0, 0.1) is 0 Å². The fraction of sp³-hybridized carbons (Fsp3) is 0.706. The maximum Gasteiger partial charge on any atom is 0.410 e. The highest BCUT2D eigenvalue weighted by molar-refractivity contribution is 5.89. The van der Waals surface area contributed by atoms with Crippen LogP contribution in [0.3, 0.4) is 0 Å². The molecule has 0 spiro atoms. The maximum atomic E-state index is 12.3. The molecule has 7 heteroatoms. The largest absolute Gasteiger partial charge is 0.461 e. The molecule has 1 aliphatic heterocycles. The zero-order valence-electron chi connectivity index (χ0n) is 14.8. The van der Waals surface area contributed by atoms with E-state index in [2.05, 4.69) is 5.10 Å². The van der Waals surface area contributed by atoms with Gasteiger partial charge in [0.1, 0.15) is 5.60 Å². The number of hydrogen-bond acceptors (Lipinski definition) is 5. The SMILES string of the molecule is CCOC(=O)c1nn(C2CC2)c2c1CN(C(=O)OC(C)(C)C)CC2. The predicted octanol–water partition coefficient (Wildman–Crippen LogP) is 2.69. The molecule has 1 saturated carbocycles. The minimum absolute atomic E-state index is 0.305. The van der Waals surface area contributed by atoms with Gasteiger partial charge in [-0.3, -0.25) is 4.68 Å². The van der Waals surface area contributed by atoms with E-state index in [4.69, 9.17) is 9.47 Å². The summed E-state index contributed by atoms with van der Waals surface area (Å²) in [6.45, 7) is 8.52. The molecular weight excluding hydrogens is 310 g/mol. The first-order valence-corrected chi connectivity index (χ1v) is 8.55. The molecule has 0 unspecified atom stereocenters. The summed E-state index contributed by atoms with van der Waals surface area (Å²) < 4.78 is 12.6. The van der Waals surface area contributed by atoms with Crippen molar-refractivity contribution in [1.82, 2.24) is 14.7 Å². The van der Waals surface area contributed by atoms with Crippen LogP contribution in [0.5, 0.6) is 0 Å². The Labute approximate surface area is 141 Å². The molecule has 24 heavy (non-hydrogen) atoms. The third-order valence-corrected chi connectivity index (χ3v) is 4.10. The predicted molar refractivity (Wildman–Crippen MR) is 86.8 cm³/mol. The Morgan fingerprint density at radius 2 is 2.00 bits per heavy atom. The van der Waals surface area contributed by atoms with Gasteiger partial charge in [-0.15, -0.1) is 0 Å². The van der Waals surface area contributed by atoms with E-state index in [9.17, 15) is 9.59 Å². The first-order valence-electron chi connectivity index (χ1n) is 8.55. The number of esters is 1. The van der Waals surface area contributed by atoms with E-state index in [0.29, 0.717) is 37.9 Å². The second-order valence-corrected chi connectivity index (χ2v) is 7.32. The van der Waals surface area contributed by atoms with Gasteiger partial charge in [0.25, 0.3) is 0 Å². The molecule has 3 rings (SSSR count). The van der Waals surface area contributed by atoms with Crippen LogP contribution in [-0.4, -0.2) is 45.5 Å². The van der Waals surface area contributed by atoms with Gasteiger partial charge in [-0.25, -0.2) is 9.59 Å². The van der Waals surface area contributed by atoms with E-state index >= 15 is 0 Å². The van der Waals surface area contributed by atoms with Crippen LogP contribution >= 0.6 is 0 Å². The van der Waals surface area contributed by atoms with E-state index in [1.807, 2.05) is 25.5 Å². The van der Waals surface area contributed by atoms with Crippen molar-refractivity contribution in [3.05, 3.63) is 17.0 Å². The highest BCUT2D eigenvalue weighted by atomic mass is 16.6. The van der Waals surface area contributed by atoms with E-state index in [-0.39, 0.29) is 6.09 Å². The molecule has 0 aromatic carbocycles. The van der Waals surface area contributed by atoms with Crippen molar-refractivity contribution in [1.29, 1.82) is 0 Å². The Morgan fingerprint density at radius 1 is 1.29 bits per heavy atom. The lowest BCUT2D eigenvalue weighted by Crippen LogP contribution is -2.40. The number of aromatic nitrogens is 2. The number of rotatable bonds is 3. The fourth-order valence-electron chi connectivity index (χ4n) is 2.91. The van der Waals surface area contributed by atoms with Gasteiger partial charge in [0.15, 0.2) is 5.69 Å². The number of fused-ring (bicyclic) bond motifs is 1. The summed E-state index contributed by atoms with van der Waals surface area (Å²) in [6.07, 6.45) is 2.50. The first kappa shape index (κ1) is 16.8. The lowest BCUT2D eigenvalue weighted by atomic mass is 10.1. The third kappa shape index (κ3) is 3.39. The smallest absolute Gasteiger partial charge is 0.410 e. The van der Waals surface area contributed by atoms with E-state index in [1.54, 1.807) is 11.8 Å². The fourth-order valence-corrected chi connectivity index (χ4v) is 2.91. The summed E-state index contributed by atoms with van der Waals surface area (Å²) in [5.74, 6) is -0.417. The van der Waals surface area contributed by atoms with Crippen LogP contribution in [0.2, 0.25) is 0 Å². The molecular formula is C17H25N3O4. The van der Waals surface area contributed by atoms with Gasteiger partial charge in [0.05, 0.1) is 19.2 Å². The van der Waals surface area contributed by atoms with Crippen LogP contribution in [-0.2, 0) is 22.4 Å². The van der Waals surface area contributed by atoms with Crippen molar-refractivity contribution in [3.63, 3.8) is 0 Å². The molecule has 1 aromatic heterocycles. The molecule has 0 atom stereocenters. The Kier molecular flexibility index (Phi) is 4.27. The van der Waals surface area contributed by atoms with Crippen LogP contribution in [0.1, 0.15) is 68.3 Å². The minimum Gasteiger partial charge on any atom is -0.461 e. The van der Waals surface area contributed by atoms with Crippen molar-refractivity contribution in [2.75, 3.05) is 13.2 Å². The van der Waals surface area contributed by atoms with Crippen LogP contribution in [0.25, 0.3) is 0 Å². The Balaban J connectivity index is 1.86. The number of nitrogens with zero attached hydrogens (tertiary/aromatic N) is 3. The molecule has 132 valence electrons. The first-order chi connectivity index (χ1) is 11.3. The zero-order valence-corrected chi connectivity index (χ0v) is 14.8. The van der Waals surface area contributed by atoms with E-state index < -0.39 is 11.6 Å². The van der Waals surface area contributed by atoms with Gasteiger partial charge in [-0.2, -0.15) is 5.10 Å². The van der Waals surface area contributed by atoms with E-state index in [0.717, 1.165) is 24.1 Å². The molecule has 2 aliphatic rings. The van der Waals surface area contributed by atoms with Gasteiger partial charge in [-0.1, -0.05) is 0 Å². The molecule has 7 nitrogen and oxygen atoms in total. The number of amides is 1. The van der Waals surface area contributed by atoms with Gasteiger partial charge in [0.2, 0.25) is 0 Å². The lowest BCUT2D eigenvalue weighted by molar-refractivity contribution is 0.0219. The van der Waals surface area contributed by atoms with Crippen molar-refractivity contribution < 1.29 is 19.1 Å². The van der Waals surface area contributed by atoms with Crippen LogP contribution < -0.4 is 0 Å². The zero-order chi connectivity index (χ0) is 17.5. The number of hydrogen-bond donors (Lipinski definition) is 0. The summed E-state index contributed by atoms with van der Waals surface area (Å²) in [5, 5.41) is 4.50. The van der Waals surface area contributed by atoms with Gasteiger partial charge in [-0.05, 0) is 40.5 Å². The highest BCUT2D eigenvalue weighted by Crippen LogP contribution is 2.38. The van der Waals surface area contributed by atoms with Crippen LogP contribution in [0.4, 0.5) is 4.79 Å². The molecule has 0 bridgehead atoms. The number of ether oxygens (including phenoxy) is 2. The van der Waals surface area contributed by atoms with Gasteiger partial charge in [0, 0.05) is 24.2 Å². The molecule has 1 aliphatic carbocycles. The summed E-state index contributed by atoms with van der Waals surface area (Å²) >= 11 is 0. The molecule has 0 saturated heterocycles. The summed E-state index contributed by atoms with van der Waals surface area (Å²) in [7, 11) is 0. The highest BCUT2D eigenvalue weighted by Gasteiger charge is 2.36. The number of carbonyl (C=O) groups excluding carboxylic acids is 2. The van der Waals surface area contributed by atoms with Crippen molar-refractivity contribution in [2.24, 2.45) is 0 Å². The summed E-state index contributed by atoms with van der Waals surface area (Å²) in [4.78, 5) is 26.2. The second kappa shape index (κ2) is 6.11. The summed E-state index contributed by atoms with van der Waals surface area (Å²) in [6, 6.07) is 0.384. The van der Waals surface area contributed by atoms with Gasteiger partial charge < -0.3 is 14.4 Å². The molecule has 2 heterocycles. The maximum absolute atomic E-state index is 12.3. The summed E-state index contributed by atoms with van der Waals surface area (Å²) in [5.41, 5.74) is 1.66. The van der Waals surface area contributed by atoms with Crippen molar-refractivity contribution in [3.8, 4) is 0 Å². The Morgan fingerprint density at radius 3 is 2.58 bits per heavy atom. The van der Waals surface area contributed by atoms with Crippen molar-refractivity contribution >= 4 is 12.1 Å². The monoisotopic (exact) mass is 335 g/mol. The molecule has 1 amide bonds. The normalized spacial score (nSPS) is 17.4. The van der Waals surface area contributed by atoms with E-state index in [1.165, 1.54) is 0 Å². The quantitative estimate of drug-likeness (QED) is 0.794. The van der Waals surface area contributed by atoms with Crippen molar-refractivity contribution in [2.45, 2.75) is 65.1 Å².